The number of halogens is 5. The maximum atomic E-state index is 14.1. The normalized spacial score (nSPS) is 12.3. The molecule has 1 aromatic heterocycles. The van der Waals surface area contributed by atoms with Crippen molar-refractivity contribution >= 4 is 29.6 Å². The second kappa shape index (κ2) is 10.0. The lowest BCUT2D eigenvalue weighted by Gasteiger charge is -2.20. The molecular weight excluding hydrogens is 503 g/mol. The number of fused-ring (bicyclic) bond motifs is 3. The van der Waals surface area contributed by atoms with E-state index in [0.29, 0.717) is 29.9 Å². The van der Waals surface area contributed by atoms with Gasteiger partial charge in [0, 0.05) is 16.8 Å². The summed E-state index contributed by atoms with van der Waals surface area (Å²) < 4.78 is 68.9. The number of anilines is 2. The van der Waals surface area contributed by atoms with Gasteiger partial charge in [-0.25, -0.2) is 31.9 Å². The van der Waals surface area contributed by atoms with Gasteiger partial charge in [0.2, 0.25) is 11.7 Å². The molecule has 0 saturated carbocycles. The minimum atomic E-state index is -2.29. The van der Waals surface area contributed by atoms with Crippen LogP contribution in [0.2, 0.25) is 0 Å². The maximum Gasteiger partial charge on any atom is 0.230 e. The average molecular weight is 522 g/mol. The van der Waals surface area contributed by atoms with Crippen molar-refractivity contribution in [1.29, 1.82) is 0 Å². The monoisotopic (exact) mass is 522 g/mol. The van der Waals surface area contributed by atoms with Crippen molar-refractivity contribution < 1.29 is 26.7 Å². The third-order valence-electron chi connectivity index (χ3n) is 6.14. The molecule has 1 heterocycles. The van der Waals surface area contributed by atoms with Crippen LogP contribution in [0.4, 0.5) is 33.5 Å². The number of nitrogens with two attached hydrogens (primary N) is 1. The molecule has 4 aromatic rings. The van der Waals surface area contributed by atoms with Crippen LogP contribution in [0.5, 0.6) is 0 Å². The molecule has 0 radical (unpaired) electrons. The molecule has 0 atom stereocenters. The van der Waals surface area contributed by atoms with Crippen LogP contribution in [0.25, 0.3) is 23.4 Å². The number of nitrogens with zero attached hydrogens (tertiary/aromatic N) is 2. The average Bonchev–Trinajstić information content (AvgIpc) is 2.92. The van der Waals surface area contributed by atoms with Gasteiger partial charge in [-0.05, 0) is 42.2 Å². The Bertz CT molecular complexity index is 1580. The first-order chi connectivity index (χ1) is 18.2. The van der Waals surface area contributed by atoms with Crippen molar-refractivity contribution in [1.82, 2.24) is 9.97 Å². The molecule has 0 bridgehead atoms. The van der Waals surface area contributed by atoms with Crippen molar-refractivity contribution in [2.24, 2.45) is 0 Å². The summed E-state index contributed by atoms with van der Waals surface area (Å²) in [7, 11) is 0. The number of hydrogen-bond acceptors (Lipinski definition) is 4. The molecule has 5 nitrogen and oxygen atoms in total. The van der Waals surface area contributed by atoms with Crippen LogP contribution >= 0.6 is 0 Å². The van der Waals surface area contributed by atoms with Gasteiger partial charge in [0.25, 0.3) is 0 Å². The first-order valence-electron chi connectivity index (χ1n) is 11.6. The van der Waals surface area contributed by atoms with E-state index in [4.69, 9.17) is 10.7 Å². The molecule has 0 aliphatic heterocycles. The standard InChI is InChI=1S/C28H19F5N4O/c29-22-18(23(30)25(32)26(33)24(22)31)13-21(38)37-28-20(10-6-14-4-2-1-3-5-14)35-27-17-9-8-16(34)12-15(17)7-11-19(27)36-28/h1-6,8-10,12H,7,11,13,34H2,(H,36,37,38)/b10-6+. The minimum absolute atomic E-state index is 0.0105. The maximum absolute atomic E-state index is 14.1. The Hall–Kier alpha value is -4.60. The number of benzene rings is 3. The number of nitrogen functional groups attached to an aromatic ring is 1. The first kappa shape index (κ1) is 25.1. The van der Waals surface area contributed by atoms with Gasteiger partial charge in [-0.1, -0.05) is 42.5 Å². The third kappa shape index (κ3) is 4.72. The molecule has 1 aliphatic carbocycles. The Morgan fingerprint density at radius 1 is 0.868 bits per heavy atom. The van der Waals surface area contributed by atoms with E-state index in [1.165, 1.54) is 0 Å². The summed E-state index contributed by atoms with van der Waals surface area (Å²) in [6.45, 7) is 0. The fraction of sp³-hybridized carbons (Fsp3) is 0.107. The topological polar surface area (TPSA) is 80.9 Å². The summed E-state index contributed by atoms with van der Waals surface area (Å²) in [5, 5.41) is 2.43. The second-order valence-corrected chi connectivity index (χ2v) is 8.69. The number of amides is 1. The first-order valence-corrected chi connectivity index (χ1v) is 11.6. The lowest BCUT2D eigenvalue weighted by Crippen LogP contribution is -2.21. The van der Waals surface area contributed by atoms with Gasteiger partial charge >= 0.3 is 0 Å². The van der Waals surface area contributed by atoms with E-state index in [0.717, 1.165) is 16.7 Å². The van der Waals surface area contributed by atoms with E-state index in [9.17, 15) is 26.7 Å². The largest absolute Gasteiger partial charge is 0.399 e. The molecule has 0 fully saturated rings. The van der Waals surface area contributed by atoms with Crippen LogP contribution in [0, 0.1) is 29.1 Å². The van der Waals surface area contributed by atoms with Crippen LogP contribution in [0.1, 0.15) is 28.1 Å². The van der Waals surface area contributed by atoms with Crippen LogP contribution in [0.3, 0.4) is 0 Å². The number of nitrogens with one attached hydrogen (secondary N) is 1. The van der Waals surface area contributed by atoms with Crippen molar-refractivity contribution in [2.45, 2.75) is 19.3 Å². The van der Waals surface area contributed by atoms with E-state index >= 15 is 0 Å². The smallest absolute Gasteiger partial charge is 0.230 e. The highest BCUT2D eigenvalue weighted by Gasteiger charge is 2.28. The fourth-order valence-corrected chi connectivity index (χ4v) is 4.27. The van der Waals surface area contributed by atoms with Crippen LogP contribution in [-0.4, -0.2) is 15.9 Å². The molecule has 0 saturated heterocycles. The molecule has 0 unspecified atom stereocenters. The van der Waals surface area contributed by atoms with Gasteiger partial charge in [0.05, 0.1) is 17.8 Å². The van der Waals surface area contributed by atoms with Crippen LogP contribution in [0.15, 0.2) is 48.5 Å². The Kier molecular flexibility index (Phi) is 6.62. The Morgan fingerprint density at radius 2 is 1.55 bits per heavy atom. The van der Waals surface area contributed by atoms with Gasteiger partial charge in [0.1, 0.15) is 5.69 Å². The van der Waals surface area contributed by atoms with Gasteiger partial charge in [0.15, 0.2) is 29.1 Å². The lowest BCUT2D eigenvalue weighted by atomic mass is 9.91. The molecule has 3 aromatic carbocycles. The fourth-order valence-electron chi connectivity index (χ4n) is 4.27. The van der Waals surface area contributed by atoms with E-state index < -0.39 is 47.0 Å². The number of carbonyl (C=O) groups excluding carboxylic acids is 1. The van der Waals surface area contributed by atoms with E-state index in [2.05, 4.69) is 10.3 Å². The molecule has 0 spiro atoms. The molecule has 5 rings (SSSR count). The van der Waals surface area contributed by atoms with Crippen molar-refractivity contribution in [3.05, 3.63) is 106 Å². The van der Waals surface area contributed by atoms with E-state index in [1.54, 1.807) is 18.2 Å². The molecule has 1 aliphatic rings. The summed E-state index contributed by atoms with van der Waals surface area (Å²) in [6.07, 6.45) is 3.36. The molecule has 192 valence electrons. The SMILES string of the molecule is Nc1ccc2c(c1)CCc1nc(NC(=O)Cc3c(F)c(F)c(F)c(F)c3F)c(/C=C/c3ccccc3)nc1-2. The zero-order chi connectivity index (χ0) is 27.0. The number of rotatable bonds is 5. The minimum Gasteiger partial charge on any atom is -0.399 e. The Labute approximate surface area is 213 Å². The van der Waals surface area contributed by atoms with Gasteiger partial charge < -0.3 is 11.1 Å². The molecular formula is C28H19F5N4O. The number of aryl methyl sites for hydroxylation is 2. The van der Waals surface area contributed by atoms with Gasteiger partial charge in [-0.15, -0.1) is 0 Å². The Balaban J connectivity index is 1.53. The molecule has 3 N–H and O–H groups in total. The van der Waals surface area contributed by atoms with Crippen molar-refractivity contribution in [3.8, 4) is 11.3 Å². The zero-order valence-corrected chi connectivity index (χ0v) is 19.7. The van der Waals surface area contributed by atoms with Crippen LogP contribution in [-0.2, 0) is 24.1 Å². The molecule has 10 heteroatoms. The zero-order valence-electron chi connectivity index (χ0n) is 19.7. The highest BCUT2D eigenvalue weighted by Crippen LogP contribution is 2.34. The summed E-state index contributed by atoms with van der Waals surface area (Å²) in [5.74, 6) is -11.7. The third-order valence-corrected chi connectivity index (χ3v) is 6.14. The summed E-state index contributed by atoms with van der Waals surface area (Å²) in [5.41, 5.74) is 9.36. The number of hydrogen-bond donors (Lipinski definition) is 2. The molecule has 1 amide bonds. The highest BCUT2D eigenvalue weighted by molar-refractivity contribution is 5.94. The Morgan fingerprint density at radius 3 is 2.26 bits per heavy atom. The summed E-state index contributed by atoms with van der Waals surface area (Å²) in [6, 6.07) is 14.7. The summed E-state index contributed by atoms with van der Waals surface area (Å²) in [4.78, 5) is 22.0. The van der Waals surface area contributed by atoms with Crippen LogP contribution < -0.4 is 11.1 Å². The summed E-state index contributed by atoms with van der Waals surface area (Å²) >= 11 is 0. The van der Waals surface area contributed by atoms with Crippen molar-refractivity contribution in [2.75, 3.05) is 11.1 Å². The van der Waals surface area contributed by atoms with Crippen molar-refractivity contribution in [3.63, 3.8) is 0 Å². The quantitative estimate of drug-likeness (QED) is 0.149. The molecule has 38 heavy (non-hydrogen) atoms. The number of aromatic nitrogens is 2. The highest BCUT2D eigenvalue weighted by atomic mass is 19.2. The van der Waals surface area contributed by atoms with E-state index in [-0.39, 0.29) is 11.5 Å². The lowest BCUT2D eigenvalue weighted by molar-refractivity contribution is -0.115. The predicted octanol–water partition coefficient (Wildman–Crippen LogP) is 5.87. The van der Waals surface area contributed by atoms with Gasteiger partial charge in [-0.3, -0.25) is 4.79 Å². The second-order valence-electron chi connectivity index (χ2n) is 8.69. The van der Waals surface area contributed by atoms with Gasteiger partial charge in [-0.2, -0.15) is 0 Å². The number of carbonyl (C=O) groups is 1. The van der Waals surface area contributed by atoms with E-state index in [1.807, 2.05) is 42.5 Å². The predicted molar refractivity (Wildman–Crippen MR) is 133 cm³/mol.